The molecule has 0 fully saturated rings. The van der Waals surface area contributed by atoms with Gasteiger partial charge in [0.15, 0.2) is 11.6 Å². The molecule has 3 aromatic rings. The van der Waals surface area contributed by atoms with E-state index in [-0.39, 0.29) is 5.82 Å². The van der Waals surface area contributed by atoms with E-state index in [4.69, 9.17) is 22.1 Å². The van der Waals surface area contributed by atoms with E-state index in [1.807, 2.05) is 24.3 Å². The molecule has 0 aliphatic rings. The van der Waals surface area contributed by atoms with E-state index in [1.165, 1.54) is 0 Å². The lowest BCUT2D eigenvalue weighted by molar-refractivity contribution is 0.420. The summed E-state index contributed by atoms with van der Waals surface area (Å²) in [5, 5.41) is 6.43. The number of methoxy groups -OCH3 is 1. The predicted octanol–water partition coefficient (Wildman–Crippen LogP) is 2.66. The monoisotopic (exact) mass is 274 g/mol. The van der Waals surface area contributed by atoms with Gasteiger partial charge in [-0.2, -0.15) is 0 Å². The van der Waals surface area contributed by atoms with Crippen molar-refractivity contribution in [1.29, 1.82) is 0 Å². The summed E-state index contributed by atoms with van der Waals surface area (Å²) in [4.78, 5) is 4.34. The summed E-state index contributed by atoms with van der Waals surface area (Å²) in [5.41, 5.74) is 5.66. The van der Waals surface area contributed by atoms with Crippen LogP contribution < -0.4 is 10.5 Å². The third-order valence-electron chi connectivity index (χ3n) is 2.88. The van der Waals surface area contributed by atoms with Gasteiger partial charge in [0.05, 0.1) is 13.3 Å². The molecule has 0 bridgehead atoms. The fraction of sp³-hybridized carbons (Fsp3) is 0.0769. The number of pyridine rings is 1. The number of nitrogens with two attached hydrogens (primary N) is 1. The fourth-order valence-corrected chi connectivity index (χ4v) is 2.13. The van der Waals surface area contributed by atoms with E-state index in [2.05, 4.69) is 10.1 Å². The normalized spacial score (nSPS) is 10.8. The number of rotatable bonds is 2. The van der Waals surface area contributed by atoms with Gasteiger partial charge in [0.1, 0.15) is 10.8 Å². The van der Waals surface area contributed by atoms with Crippen LogP contribution in [0.5, 0.6) is 5.75 Å². The van der Waals surface area contributed by atoms with Gasteiger partial charge < -0.3 is 10.5 Å². The Morgan fingerprint density at radius 2 is 2.11 bits per heavy atom. The standard InChI is InChI=1S/C13H11ClN4O/c1-19-11-4-2-3-9-8(11)5-6-16-13(9)18-7-10(14)12(15)17-18/h2-7H,1H3,(H2,15,17). The van der Waals surface area contributed by atoms with Crippen molar-refractivity contribution in [2.24, 2.45) is 0 Å². The van der Waals surface area contributed by atoms with E-state index < -0.39 is 0 Å². The molecule has 0 atom stereocenters. The lowest BCUT2D eigenvalue weighted by Gasteiger charge is -2.08. The Bertz CT molecular complexity index is 734. The molecule has 2 aromatic heterocycles. The van der Waals surface area contributed by atoms with Crippen molar-refractivity contribution in [2.45, 2.75) is 0 Å². The number of hydrogen-bond donors (Lipinski definition) is 1. The van der Waals surface area contributed by atoms with Crippen LogP contribution in [0, 0.1) is 0 Å². The highest BCUT2D eigenvalue weighted by atomic mass is 35.5. The van der Waals surface area contributed by atoms with Gasteiger partial charge in [-0.05, 0) is 12.1 Å². The van der Waals surface area contributed by atoms with Crippen LogP contribution in [0.4, 0.5) is 5.82 Å². The van der Waals surface area contributed by atoms with Crippen LogP contribution in [0.25, 0.3) is 16.6 Å². The van der Waals surface area contributed by atoms with Gasteiger partial charge in [0.2, 0.25) is 0 Å². The molecule has 6 heteroatoms. The van der Waals surface area contributed by atoms with Gasteiger partial charge in [0.25, 0.3) is 0 Å². The summed E-state index contributed by atoms with van der Waals surface area (Å²) in [6.07, 6.45) is 3.34. The van der Waals surface area contributed by atoms with Crippen molar-refractivity contribution >= 4 is 28.2 Å². The average molecular weight is 275 g/mol. The number of halogens is 1. The number of ether oxygens (including phenoxy) is 1. The zero-order valence-electron chi connectivity index (χ0n) is 10.2. The van der Waals surface area contributed by atoms with Gasteiger partial charge in [-0.3, -0.25) is 0 Å². The van der Waals surface area contributed by atoms with Gasteiger partial charge >= 0.3 is 0 Å². The van der Waals surface area contributed by atoms with Crippen molar-refractivity contribution in [3.05, 3.63) is 41.7 Å². The molecule has 2 N–H and O–H groups in total. The summed E-state index contributed by atoms with van der Waals surface area (Å²) in [6.45, 7) is 0. The van der Waals surface area contributed by atoms with Crippen LogP contribution in [-0.4, -0.2) is 21.9 Å². The fourth-order valence-electron chi connectivity index (χ4n) is 2.00. The molecule has 0 amide bonds. The van der Waals surface area contributed by atoms with Crippen LogP contribution in [0.2, 0.25) is 5.02 Å². The smallest absolute Gasteiger partial charge is 0.164 e. The van der Waals surface area contributed by atoms with Crippen molar-refractivity contribution in [3.63, 3.8) is 0 Å². The number of nitrogens with zero attached hydrogens (tertiary/aromatic N) is 3. The highest BCUT2D eigenvalue weighted by Gasteiger charge is 2.11. The van der Waals surface area contributed by atoms with Crippen LogP contribution in [0.1, 0.15) is 0 Å². The predicted molar refractivity (Wildman–Crippen MR) is 74.8 cm³/mol. The minimum atomic E-state index is 0.281. The summed E-state index contributed by atoms with van der Waals surface area (Å²) >= 11 is 5.93. The number of anilines is 1. The summed E-state index contributed by atoms with van der Waals surface area (Å²) in [7, 11) is 1.64. The summed E-state index contributed by atoms with van der Waals surface area (Å²) < 4.78 is 6.91. The second kappa shape index (κ2) is 4.44. The maximum atomic E-state index is 5.93. The zero-order valence-corrected chi connectivity index (χ0v) is 10.9. The molecule has 0 saturated carbocycles. The Labute approximate surface area is 114 Å². The van der Waals surface area contributed by atoms with Gasteiger partial charge in [0, 0.05) is 17.0 Å². The molecule has 0 radical (unpaired) electrons. The first kappa shape index (κ1) is 11.8. The molecule has 5 nitrogen and oxygen atoms in total. The van der Waals surface area contributed by atoms with Crippen LogP contribution in [-0.2, 0) is 0 Å². The lowest BCUT2D eigenvalue weighted by Crippen LogP contribution is -2.00. The first-order valence-corrected chi connectivity index (χ1v) is 6.01. The minimum absolute atomic E-state index is 0.281. The SMILES string of the molecule is COc1cccc2c(-n3cc(Cl)c(N)n3)nccc12. The maximum absolute atomic E-state index is 5.93. The first-order chi connectivity index (χ1) is 9.20. The number of hydrogen-bond acceptors (Lipinski definition) is 4. The molecule has 0 aliphatic heterocycles. The van der Waals surface area contributed by atoms with E-state index in [1.54, 1.807) is 24.2 Å². The number of aromatic nitrogens is 3. The van der Waals surface area contributed by atoms with Gasteiger partial charge in [-0.1, -0.05) is 23.7 Å². The molecule has 96 valence electrons. The quantitative estimate of drug-likeness (QED) is 0.780. The molecule has 1 aromatic carbocycles. The van der Waals surface area contributed by atoms with Gasteiger partial charge in [-0.15, -0.1) is 5.10 Å². The molecule has 0 spiro atoms. The van der Waals surface area contributed by atoms with Crippen molar-refractivity contribution < 1.29 is 4.74 Å². The van der Waals surface area contributed by atoms with Gasteiger partial charge in [-0.25, -0.2) is 9.67 Å². The number of benzene rings is 1. The molecule has 0 unspecified atom stereocenters. The third-order valence-corrected chi connectivity index (χ3v) is 3.17. The Morgan fingerprint density at radius 3 is 2.79 bits per heavy atom. The first-order valence-electron chi connectivity index (χ1n) is 5.63. The molecule has 0 saturated heterocycles. The molecule has 2 heterocycles. The van der Waals surface area contributed by atoms with Crippen molar-refractivity contribution in [3.8, 4) is 11.6 Å². The average Bonchev–Trinajstić information content (AvgIpc) is 2.77. The minimum Gasteiger partial charge on any atom is -0.496 e. The Kier molecular flexibility index (Phi) is 2.76. The molecular formula is C13H11ClN4O. The Morgan fingerprint density at radius 1 is 1.26 bits per heavy atom. The summed E-state index contributed by atoms with van der Waals surface area (Å²) in [6, 6.07) is 7.65. The largest absolute Gasteiger partial charge is 0.496 e. The topological polar surface area (TPSA) is 66.0 Å². The Hall–Kier alpha value is -2.27. The van der Waals surface area contributed by atoms with E-state index in [9.17, 15) is 0 Å². The molecular weight excluding hydrogens is 264 g/mol. The van der Waals surface area contributed by atoms with Crippen LogP contribution in [0.3, 0.4) is 0 Å². The Balaban J connectivity index is 2.30. The van der Waals surface area contributed by atoms with Crippen molar-refractivity contribution in [2.75, 3.05) is 12.8 Å². The maximum Gasteiger partial charge on any atom is 0.164 e. The second-order valence-electron chi connectivity index (χ2n) is 4.00. The van der Waals surface area contributed by atoms with Crippen LogP contribution >= 0.6 is 11.6 Å². The van der Waals surface area contributed by atoms with Crippen LogP contribution in [0.15, 0.2) is 36.7 Å². The third kappa shape index (κ3) is 1.88. The molecule has 3 rings (SSSR count). The van der Waals surface area contributed by atoms with E-state index in [0.29, 0.717) is 10.8 Å². The number of nitrogen functional groups attached to an aromatic ring is 1. The molecule has 0 aliphatic carbocycles. The zero-order chi connectivity index (χ0) is 13.4. The van der Waals surface area contributed by atoms with E-state index in [0.717, 1.165) is 16.5 Å². The van der Waals surface area contributed by atoms with E-state index >= 15 is 0 Å². The van der Waals surface area contributed by atoms with Crippen molar-refractivity contribution in [1.82, 2.24) is 14.8 Å². The number of fused-ring (bicyclic) bond motifs is 1. The summed E-state index contributed by atoms with van der Waals surface area (Å²) in [5.74, 6) is 1.73. The highest BCUT2D eigenvalue weighted by molar-refractivity contribution is 6.32. The molecule has 19 heavy (non-hydrogen) atoms. The lowest BCUT2D eigenvalue weighted by atomic mass is 10.1. The highest BCUT2D eigenvalue weighted by Crippen LogP contribution is 2.29. The second-order valence-corrected chi connectivity index (χ2v) is 4.40.